The van der Waals surface area contributed by atoms with Crippen molar-refractivity contribution >= 4 is 22.5 Å². The first-order valence-corrected chi connectivity index (χ1v) is 10.4. The standard InChI is InChI=1S/C24H28N2O3/c27-16-22(28)23(17-7-3-1-4-8-17)26-14-13-19-15-20(11-12-21(19)26)25-24(29)18-9-5-2-6-10-18/h1,3-4,7-8,11-15,18,22-23,27-28H,2,5-6,9-10,16H2,(H,25,29)/t22-,23+/m1/s1. The lowest BCUT2D eigenvalue weighted by Gasteiger charge is -2.25. The Morgan fingerprint density at radius 3 is 2.55 bits per heavy atom. The van der Waals surface area contributed by atoms with Gasteiger partial charge in [0.05, 0.1) is 12.6 Å². The molecule has 0 radical (unpaired) electrons. The minimum Gasteiger partial charge on any atom is -0.394 e. The lowest BCUT2D eigenvalue weighted by atomic mass is 9.88. The molecule has 0 aliphatic heterocycles. The van der Waals surface area contributed by atoms with Crippen LogP contribution < -0.4 is 5.32 Å². The van der Waals surface area contributed by atoms with Crippen LogP contribution in [0.5, 0.6) is 0 Å². The van der Waals surface area contributed by atoms with Gasteiger partial charge in [-0.05, 0) is 42.7 Å². The quantitative estimate of drug-likeness (QED) is 0.591. The lowest BCUT2D eigenvalue weighted by Crippen LogP contribution is -2.28. The van der Waals surface area contributed by atoms with Crippen molar-refractivity contribution in [2.24, 2.45) is 5.92 Å². The molecule has 0 bridgehead atoms. The Kier molecular flexibility index (Phi) is 5.97. The minimum absolute atomic E-state index is 0.112. The number of nitrogens with zero attached hydrogens (tertiary/aromatic N) is 1. The summed E-state index contributed by atoms with van der Waals surface area (Å²) >= 11 is 0. The van der Waals surface area contributed by atoms with E-state index in [2.05, 4.69) is 5.32 Å². The average Bonchev–Trinajstić information content (AvgIpc) is 3.18. The first-order chi connectivity index (χ1) is 14.2. The van der Waals surface area contributed by atoms with Gasteiger partial charge in [0.2, 0.25) is 5.91 Å². The highest BCUT2D eigenvalue weighted by molar-refractivity contribution is 5.95. The summed E-state index contributed by atoms with van der Waals surface area (Å²) in [7, 11) is 0. The van der Waals surface area contributed by atoms with E-state index in [0.29, 0.717) is 0 Å². The third-order valence-electron chi connectivity index (χ3n) is 5.96. The molecule has 1 amide bonds. The summed E-state index contributed by atoms with van der Waals surface area (Å²) < 4.78 is 1.98. The number of benzene rings is 2. The summed E-state index contributed by atoms with van der Waals surface area (Å²) in [4.78, 5) is 12.6. The molecular weight excluding hydrogens is 364 g/mol. The zero-order chi connectivity index (χ0) is 20.2. The van der Waals surface area contributed by atoms with Gasteiger partial charge in [-0.3, -0.25) is 4.79 Å². The van der Waals surface area contributed by atoms with Crippen molar-refractivity contribution in [3.05, 3.63) is 66.4 Å². The number of carbonyl (C=O) groups is 1. The number of nitrogens with one attached hydrogen (secondary N) is 1. The van der Waals surface area contributed by atoms with Gasteiger partial charge in [0.1, 0.15) is 6.10 Å². The van der Waals surface area contributed by atoms with Crippen molar-refractivity contribution < 1.29 is 15.0 Å². The molecule has 0 saturated heterocycles. The van der Waals surface area contributed by atoms with Gasteiger partial charge in [-0.2, -0.15) is 0 Å². The molecule has 3 N–H and O–H groups in total. The minimum atomic E-state index is -0.918. The van der Waals surface area contributed by atoms with E-state index in [1.807, 2.05) is 65.4 Å². The van der Waals surface area contributed by atoms with E-state index in [1.165, 1.54) is 6.42 Å². The van der Waals surface area contributed by atoms with E-state index < -0.39 is 6.10 Å². The number of hydrogen-bond acceptors (Lipinski definition) is 3. The van der Waals surface area contributed by atoms with Crippen LogP contribution in [0.3, 0.4) is 0 Å². The van der Waals surface area contributed by atoms with E-state index in [4.69, 9.17) is 0 Å². The van der Waals surface area contributed by atoms with Gasteiger partial charge < -0.3 is 20.1 Å². The molecule has 1 aromatic heterocycles. The smallest absolute Gasteiger partial charge is 0.227 e. The number of rotatable bonds is 6. The molecule has 1 heterocycles. The third kappa shape index (κ3) is 4.21. The van der Waals surface area contributed by atoms with Crippen molar-refractivity contribution in [2.45, 2.75) is 44.2 Å². The summed E-state index contributed by atoms with van der Waals surface area (Å²) in [5.74, 6) is 0.229. The highest BCUT2D eigenvalue weighted by atomic mass is 16.3. The van der Waals surface area contributed by atoms with Crippen LogP contribution in [0, 0.1) is 5.92 Å². The maximum absolute atomic E-state index is 12.6. The number of amides is 1. The zero-order valence-electron chi connectivity index (χ0n) is 16.5. The van der Waals surface area contributed by atoms with Gasteiger partial charge in [0.15, 0.2) is 0 Å². The number of carbonyl (C=O) groups excluding carboxylic acids is 1. The second kappa shape index (κ2) is 8.80. The summed E-state index contributed by atoms with van der Waals surface area (Å²) in [6.07, 6.45) is 6.45. The van der Waals surface area contributed by atoms with Crippen LogP contribution >= 0.6 is 0 Å². The molecule has 152 valence electrons. The maximum atomic E-state index is 12.6. The molecule has 1 fully saturated rings. The highest BCUT2D eigenvalue weighted by Crippen LogP contribution is 2.30. The first-order valence-electron chi connectivity index (χ1n) is 10.4. The molecule has 5 nitrogen and oxygen atoms in total. The molecule has 4 rings (SSSR count). The number of anilines is 1. The van der Waals surface area contributed by atoms with Crippen LogP contribution in [0.1, 0.15) is 43.7 Å². The number of aromatic nitrogens is 1. The van der Waals surface area contributed by atoms with E-state index >= 15 is 0 Å². The van der Waals surface area contributed by atoms with Crippen LogP contribution in [-0.2, 0) is 4.79 Å². The van der Waals surface area contributed by atoms with Crippen molar-refractivity contribution in [1.29, 1.82) is 0 Å². The Balaban J connectivity index is 1.61. The average molecular weight is 392 g/mol. The van der Waals surface area contributed by atoms with Gasteiger partial charge in [-0.1, -0.05) is 49.6 Å². The largest absolute Gasteiger partial charge is 0.394 e. The van der Waals surface area contributed by atoms with Crippen LogP contribution in [0.15, 0.2) is 60.8 Å². The van der Waals surface area contributed by atoms with E-state index in [0.717, 1.165) is 47.8 Å². The molecule has 3 aromatic rings. The van der Waals surface area contributed by atoms with Gasteiger partial charge in [-0.25, -0.2) is 0 Å². The second-order valence-corrected chi connectivity index (χ2v) is 7.93. The normalized spacial score (nSPS) is 17.2. The van der Waals surface area contributed by atoms with Crippen LogP contribution in [0.4, 0.5) is 5.69 Å². The van der Waals surface area contributed by atoms with E-state index in [1.54, 1.807) is 0 Å². The summed E-state index contributed by atoms with van der Waals surface area (Å²) in [5, 5.41) is 24.1. The monoisotopic (exact) mass is 392 g/mol. The molecule has 2 atom stereocenters. The Hall–Kier alpha value is -2.63. The maximum Gasteiger partial charge on any atom is 0.227 e. The summed E-state index contributed by atoms with van der Waals surface area (Å²) in [6.45, 7) is -0.325. The number of aliphatic hydroxyl groups excluding tert-OH is 2. The summed E-state index contributed by atoms with van der Waals surface area (Å²) in [5.41, 5.74) is 2.67. The molecule has 1 saturated carbocycles. The fraction of sp³-hybridized carbons (Fsp3) is 0.375. The van der Waals surface area contributed by atoms with Crippen LogP contribution in [0.2, 0.25) is 0 Å². The van der Waals surface area contributed by atoms with Gasteiger partial charge in [0, 0.05) is 28.7 Å². The molecule has 5 heteroatoms. The molecule has 1 aliphatic carbocycles. The number of aliphatic hydroxyl groups is 2. The second-order valence-electron chi connectivity index (χ2n) is 7.93. The molecular formula is C24H28N2O3. The molecule has 0 unspecified atom stereocenters. The first kappa shape index (κ1) is 19.7. The number of fused-ring (bicyclic) bond motifs is 1. The Morgan fingerprint density at radius 1 is 1.07 bits per heavy atom. The van der Waals surface area contributed by atoms with Crippen LogP contribution in [0.25, 0.3) is 10.9 Å². The molecule has 2 aromatic carbocycles. The van der Waals surface area contributed by atoms with Crippen LogP contribution in [-0.4, -0.2) is 33.4 Å². The van der Waals surface area contributed by atoms with Gasteiger partial charge in [0.25, 0.3) is 0 Å². The Bertz CT molecular complexity index is 961. The molecule has 29 heavy (non-hydrogen) atoms. The van der Waals surface area contributed by atoms with Gasteiger partial charge in [-0.15, -0.1) is 0 Å². The fourth-order valence-corrected chi connectivity index (χ4v) is 4.41. The topological polar surface area (TPSA) is 74.5 Å². The summed E-state index contributed by atoms with van der Waals surface area (Å²) in [6, 6.07) is 17.1. The van der Waals surface area contributed by atoms with Crippen molar-refractivity contribution in [2.75, 3.05) is 11.9 Å². The third-order valence-corrected chi connectivity index (χ3v) is 5.96. The van der Waals surface area contributed by atoms with E-state index in [-0.39, 0.29) is 24.5 Å². The zero-order valence-corrected chi connectivity index (χ0v) is 16.5. The highest BCUT2D eigenvalue weighted by Gasteiger charge is 2.24. The SMILES string of the molecule is O=C(Nc1ccc2c(ccn2[C@@H](c2ccccc2)[C@H](O)CO)c1)C1CCCCC1. The molecule has 1 aliphatic rings. The number of hydrogen-bond donors (Lipinski definition) is 3. The lowest BCUT2D eigenvalue weighted by molar-refractivity contribution is -0.120. The fourth-order valence-electron chi connectivity index (χ4n) is 4.41. The van der Waals surface area contributed by atoms with E-state index in [9.17, 15) is 15.0 Å². The van der Waals surface area contributed by atoms with Crippen molar-refractivity contribution in [1.82, 2.24) is 4.57 Å². The Morgan fingerprint density at radius 2 is 1.83 bits per heavy atom. The predicted octanol–water partition coefficient (Wildman–Crippen LogP) is 4.10. The van der Waals surface area contributed by atoms with Crippen molar-refractivity contribution in [3.63, 3.8) is 0 Å². The molecule has 0 spiro atoms. The van der Waals surface area contributed by atoms with Crippen molar-refractivity contribution in [3.8, 4) is 0 Å². The Labute approximate surface area is 171 Å². The predicted molar refractivity (Wildman–Crippen MR) is 115 cm³/mol. The van der Waals surface area contributed by atoms with Gasteiger partial charge >= 0.3 is 0 Å².